The van der Waals surface area contributed by atoms with Gasteiger partial charge in [-0.15, -0.1) is 0 Å². The maximum atomic E-state index is 13.4. The van der Waals surface area contributed by atoms with Crippen molar-refractivity contribution < 1.29 is 4.39 Å². The molecule has 0 atom stereocenters. The Morgan fingerprint density at radius 1 is 1.37 bits per heavy atom. The molecule has 1 fully saturated rings. The van der Waals surface area contributed by atoms with Crippen molar-refractivity contribution in [2.24, 2.45) is 5.92 Å². The van der Waals surface area contributed by atoms with Crippen molar-refractivity contribution >= 4 is 5.69 Å². The number of halogens is 1. The molecule has 0 radical (unpaired) electrons. The number of hydrogen-bond donors (Lipinski definition) is 1. The average Bonchev–Trinajstić information content (AvgIpc) is 2.26. The smallest absolute Gasteiger partial charge is 0.123 e. The fourth-order valence-electron chi connectivity index (χ4n) is 2.51. The normalized spacial score (nSPS) is 15.6. The van der Waals surface area contributed by atoms with Gasteiger partial charge in [0, 0.05) is 25.3 Å². The highest BCUT2D eigenvalue weighted by molar-refractivity contribution is 5.54. The highest BCUT2D eigenvalue weighted by Crippen LogP contribution is 2.30. The molecule has 0 heterocycles. The predicted molar refractivity (Wildman–Crippen MR) is 79.0 cm³/mol. The van der Waals surface area contributed by atoms with Gasteiger partial charge in [0.1, 0.15) is 5.82 Å². The molecule has 0 aliphatic heterocycles. The molecule has 3 heteroatoms. The second kappa shape index (κ2) is 6.38. The van der Waals surface area contributed by atoms with Crippen molar-refractivity contribution in [2.75, 3.05) is 18.5 Å². The van der Waals surface area contributed by atoms with Crippen molar-refractivity contribution in [3.8, 4) is 0 Å². The summed E-state index contributed by atoms with van der Waals surface area (Å²) in [6.45, 7) is 6.06. The van der Waals surface area contributed by atoms with Gasteiger partial charge in [0.15, 0.2) is 0 Å². The van der Waals surface area contributed by atoms with E-state index >= 15 is 0 Å². The molecule has 1 N–H and O–H groups in total. The van der Waals surface area contributed by atoms with E-state index in [1.165, 1.54) is 24.9 Å². The van der Waals surface area contributed by atoms with E-state index in [2.05, 4.69) is 31.1 Å². The third kappa shape index (κ3) is 3.69. The molecule has 0 unspecified atom stereocenters. The second-order valence-electron chi connectivity index (χ2n) is 5.99. The molecule has 1 aromatic rings. The summed E-state index contributed by atoms with van der Waals surface area (Å²) in [5.41, 5.74) is 2.23. The molecule has 0 spiro atoms. The molecular weight excluding hydrogens is 239 g/mol. The number of rotatable bonds is 6. The van der Waals surface area contributed by atoms with Gasteiger partial charge in [-0.25, -0.2) is 4.39 Å². The van der Waals surface area contributed by atoms with E-state index < -0.39 is 0 Å². The maximum absolute atomic E-state index is 13.4. The highest BCUT2D eigenvalue weighted by Gasteiger charge is 2.23. The number of nitrogens with one attached hydrogen (secondary N) is 1. The average molecular weight is 264 g/mol. The van der Waals surface area contributed by atoms with Gasteiger partial charge in [0.2, 0.25) is 0 Å². The first-order valence-electron chi connectivity index (χ1n) is 7.30. The first-order chi connectivity index (χ1) is 9.08. The van der Waals surface area contributed by atoms with Gasteiger partial charge < -0.3 is 10.2 Å². The largest absolute Gasteiger partial charge is 0.371 e. The predicted octanol–water partition coefficient (Wildman–Crippen LogP) is 3.56. The van der Waals surface area contributed by atoms with Gasteiger partial charge in [-0.05, 0) is 55.5 Å². The van der Waals surface area contributed by atoms with Crippen molar-refractivity contribution in [2.45, 2.75) is 45.7 Å². The summed E-state index contributed by atoms with van der Waals surface area (Å²) in [6, 6.07) is 5.78. The van der Waals surface area contributed by atoms with Crippen LogP contribution < -0.4 is 10.2 Å². The van der Waals surface area contributed by atoms with Crippen LogP contribution in [-0.2, 0) is 6.54 Å². The molecule has 1 aromatic carbocycles. The Hall–Kier alpha value is -1.09. The van der Waals surface area contributed by atoms with E-state index in [1.807, 2.05) is 6.07 Å². The first kappa shape index (κ1) is 14.3. The summed E-state index contributed by atoms with van der Waals surface area (Å²) in [5, 5.41) is 3.41. The lowest BCUT2D eigenvalue weighted by atomic mass is 9.91. The van der Waals surface area contributed by atoms with Gasteiger partial charge in [0.25, 0.3) is 0 Å². The van der Waals surface area contributed by atoms with Crippen LogP contribution >= 0.6 is 0 Å². The van der Waals surface area contributed by atoms with E-state index in [9.17, 15) is 4.39 Å². The number of hydrogen-bond acceptors (Lipinski definition) is 2. The van der Waals surface area contributed by atoms with Crippen molar-refractivity contribution in [1.29, 1.82) is 0 Å². The molecule has 2 nitrogen and oxygen atoms in total. The molecule has 106 valence electrons. The summed E-state index contributed by atoms with van der Waals surface area (Å²) >= 11 is 0. The van der Waals surface area contributed by atoms with Crippen LogP contribution in [0.1, 0.15) is 38.7 Å². The van der Waals surface area contributed by atoms with Crippen LogP contribution in [0.2, 0.25) is 0 Å². The van der Waals surface area contributed by atoms with Crippen molar-refractivity contribution in [1.82, 2.24) is 5.32 Å². The fourth-order valence-corrected chi connectivity index (χ4v) is 2.51. The fraction of sp³-hybridized carbons (Fsp3) is 0.625. The Labute approximate surface area is 116 Å². The van der Waals surface area contributed by atoms with Crippen LogP contribution in [0.25, 0.3) is 0 Å². The Kier molecular flexibility index (Phi) is 4.81. The molecule has 1 aliphatic rings. The number of benzene rings is 1. The molecular formula is C16H25FN2. The first-order valence-corrected chi connectivity index (χ1v) is 7.30. The molecule has 1 aliphatic carbocycles. The van der Waals surface area contributed by atoms with E-state index in [4.69, 9.17) is 0 Å². The third-order valence-corrected chi connectivity index (χ3v) is 3.91. The van der Waals surface area contributed by atoms with Gasteiger partial charge in [-0.2, -0.15) is 0 Å². The molecule has 19 heavy (non-hydrogen) atoms. The minimum Gasteiger partial charge on any atom is -0.371 e. The Balaban J connectivity index is 2.07. The summed E-state index contributed by atoms with van der Waals surface area (Å²) in [7, 11) is 2.13. The van der Waals surface area contributed by atoms with Crippen LogP contribution in [0.15, 0.2) is 18.2 Å². The minimum absolute atomic E-state index is 0.146. The van der Waals surface area contributed by atoms with E-state index in [0.29, 0.717) is 12.0 Å². The van der Waals surface area contributed by atoms with Gasteiger partial charge in [0.05, 0.1) is 0 Å². The molecule has 0 bridgehead atoms. The molecule has 0 aromatic heterocycles. The highest BCUT2D eigenvalue weighted by atomic mass is 19.1. The molecule has 0 saturated heterocycles. The lowest BCUT2D eigenvalue weighted by Gasteiger charge is -2.37. The summed E-state index contributed by atoms with van der Waals surface area (Å²) < 4.78 is 13.4. The van der Waals surface area contributed by atoms with E-state index in [0.717, 1.165) is 18.7 Å². The Morgan fingerprint density at radius 3 is 2.68 bits per heavy atom. The van der Waals surface area contributed by atoms with Crippen LogP contribution in [0.4, 0.5) is 10.1 Å². The minimum atomic E-state index is -0.146. The van der Waals surface area contributed by atoms with Crippen LogP contribution in [0, 0.1) is 11.7 Å². The zero-order chi connectivity index (χ0) is 13.8. The second-order valence-corrected chi connectivity index (χ2v) is 5.99. The topological polar surface area (TPSA) is 15.3 Å². The van der Waals surface area contributed by atoms with E-state index in [-0.39, 0.29) is 5.82 Å². The SMILES string of the molecule is CC(C)CNCc1cc(F)ccc1N(C)C1CCC1. The van der Waals surface area contributed by atoms with Crippen LogP contribution in [0.5, 0.6) is 0 Å². The molecule has 1 saturated carbocycles. The van der Waals surface area contributed by atoms with Crippen LogP contribution in [-0.4, -0.2) is 19.6 Å². The summed E-state index contributed by atoms with van der Waals surface area (Å²) in [6.07, 6.45) is 3.83. The van der Waals surface area contributed by atoms with Gasteiger partial charge in [-0.1, -0.05) is 13.8 Å². The monoisotopic (exact) mass is 264 g/mol. The number of nitrogens with zero attached hydrogens (tertiary/aromatic N) is 1. The lowest BCUT2D eigenvalue weighted by molar-refractivity contribution is 0.400. The molecule has 0 amide bonds. The zero-order valence-electron chi connectivity index (χ0n) is 12.2. The zero-order valence-corrected chi connectivity index (χ0v) is 12.2. The maximum Gasteiger partial charge on any atom is 0.123 e. The van der Waals surface area contributed by atoms with Gasteiger partial charge >= 0.3 is 0 Å². The summed E-state index contributed by atoms with van der Waals surface area (Å²) in [5.74, 6) is 0.466. The number of anilines is 1. The van der Waals surface area contributed by atoms with Crippen molar-refractivity contribution in [3.05, 3.63) is 29.6 Å². The third-order valence-electron chi connectivity index (χ3n) is 3.91. The van der Waals surface area contributed by atoms with Gasteiger partial charge in [-0.3, -0.25) is 0 Å². The van der Waals surface area contributed by atoms with E-state index in [1.54, 1.807) is 12.1 Å². The molecule has 2 rings (SSSR count). The lowest BCUT2D eigenvalue weighted by Crippen LogP contribution is -2.38. The Morgan fingerprint density at radius 2 is 2.11 bits per heavy atom. The quantitative estimate of drug-likeness (QED) is 0.845. The van der Waals surface area contributed by atoms with Crippen LogP contribution in [0.3, 0.4) is 0 Å². The standard InChI is InChI=1S/C16H25FN2/c1-12(2)10-18-11-13-9-14(17)7-8-16(13)19(3)15-5-4-6-15/h7-9,12,15,18H,4-6,10-11H2,1-3H3. The van der Waals surface area contributed by atoms with Crippen molar-refractivity contribution in [3.63, 3.8) is 0 Å². The summed E-state index contributed by atoms with van der Waals surface area (Å²) in [4.78, 5) is 2.31. The Bertz CT molecular complexity index is 413.